The Morgan fingerprint density at radius 1 is 1.25 bits per heavy atom. The molecule has 0 bridgehead atoms. The van der Waals surface area contributed by atoms with E-state index in [9.17, 15) is 0 Å². The van der Waals surface area contributed by atoms with Crippen LogP contribution in [0.2, 0.25) is 0 Å². The van der Waals surface area contributed by atoms with Gasteiger partial charge in [0.15, 0.2) is 0 Å². The van der Waals surface area contributed by atoms with E-state index in [1.807, 2.05) is 36.9 Å². The van der Waals surface area contributed by atoms with Gasteiger partial charge in [0, 0.05) is 0 Å². The predicted octanol–water partition coefficient (Wildman–Crippen LogP) is 3.23. The van der Waals surface area contributed by atoms with Gasteiger partial charge in [-0.15, -0.1) is 0 Å². The zero-order valence-corrected chi connectivity index (χ0v) is 7.20. The second kappa shape index (κ2) is 5.64. The number of para-hydroxylation sites is 1. The maximum Gasteiger partial charge on any atom is 0.135 e. The van der Waals surface area contributed by atoms with Crippen LogP contribution in [0, 0.1) is 13.5 Å². The van der Waals surface area contributed by atoms with Gasteiger partial charge in [-0.3, -0.25) is 0 Å². The molecule has 0 heterocycles. The van der Waals surface area contributed by atoms with Crippen molar-refractivity contribution in [3.05, 3.63) is 43.9 Å². The summed E-state index contributed by atoms with van der Waals surface area (Å²) in [6.07, 6.45) is 3.03. The second-order valence-corrected chi connectivity index (χ2v) is 2.59. The van der Waals surface area contributed by atoms with Crippen molar-refractivity contribution >= 4 is 0 Å². The van der Waals surface area contributed by atoms with E-state index >= 15 is 0 Å². The fourth-order valence-corrected chi connectivity index (χ4v) is 0.882. The van der Waals surface area contributed by atoms with Crippen LogP contribution in [0.4, 0.5) is 0 Å². The minimum Gasteiger partial charge on any atom is -0.487 e. The van der Waals surface area contributed by atoms with E-state index in [1.54, 1.807) is 0 Å². The highest BCUT2D eigenvalue weighted by Crippen LogP contribution is 2.10. The van der Waals surface area contributed by atoms with Crippen LogP contribution in [0.5, 0.6) is 5.75 Å². The summed E-state index contributed by atoms with van der Waals surface area (Å²) in [5.41, 5.74) is 0. The van der Waals surface area contributed by atoms with Crippen LogP contribution < -0.4 is 4.74 Å². The van der Waals surface area contributed by atoms with Crippen LogP contribution in [-0.2, 0) is 0 Å². The maximum absolute atomic E-state index is 5.36. The Labute approximate surface area is 74.4 Å². The Hall–Kier alpha value is -0.980. The maximum atomic E-state index is 5.36. The summed E-state index contributed by atoms with van der Waals surface area (Å²) in [6, 6.07) is 9.79. The van der Waals surface area contributed by atoms with Crippen molar-refractivity contribution in [2.24, 2.45) is 0 Å². The lowest BCUT2D eigenvalue weighted by atomic mass is 10.3. The van der Waals surface area contributed by atoms with Gasteiger partial charge in [0.1, 0.15) is 12.4 Å². The van der Waals surface area contributed by atoms with Gasteiger partial charge in [0.05, 0.1) is 0 Å². The lowest BCUT2D eigenvalue weighted by Crippen LogP contribution is -1.89. The number of ether oxygens (including phenoxy) is 1. The average Bonchev–Trinajstić information content (AvgIpc) is 2.14. The van der Waals surface area contributed by atoms with Crippen LogP contribution in [0.3, 0.4) is 0 Å². The highest BCUT2D eigenvalue weighted by atomic mass is 16.5. The summed E-state index contributed by atoms with van der Waals surface area (Å²) in [5.74, 6) is 0.904. The van der Waals surface area contributed by atoms with Gasteiger partial charge in [-0.2, -0.15) is 0 Å². The molecule has 0 aliphatic rings. The van der Waals surface area contributed by atoms with E-state index in [0.29, 0.717) is 0 Å². The van der Waals surface area contributed by atoms with Crippen molar-refractivity contribution < 1.29 is 4.74 Å². The van der Waals surface area contributed by atoms with Crippen molar-refractivity contribution in [2.45, 2.75) is 19.3 Å². The molecule has 0 aliphatic heterocycles. The molecule has 12 heavy (non-hydrogen) atoms. The van der Waals surface area contributed by atoms with Gasteiger partial charge in [0.2, 0.25) is 0 Å². The summed E-state index contributed by atoms with van der Waals surface area (Å²) in [7, 11) is 0. The van der Waals surface area contributed by atoms with Crippen LogP contribution in [0.25, 0.3) is 0 Å². The Balaban J connectivity index is 2.16. The molecule has 0 fully saturated rings. The first-order valence-corrected chi connectivity index (χ1v) is 4.26. The zero-order valence-electron chi connectivity index (χ0n) is 7.20. The second-order valence-electron chi connectivity index (χ2n) is 2.59. The smallest absolute Gasteiger partial charge is 0.135 e. The zero-order chi connectivity index (χ0) is 8.65. The van der Waals surface area contributed by atoms with Crippen LogP contribution in [-0.4, -0.2) is 0 Å². The first-order valence-electron chi connectivity index (χ1n) is 4.26. The molecule has 1 rings (SSSR count). The molecule has 0 atom stereocenters. The highest BCUT2D eigenvalue weighted by molar-refractivity contribution is 5.21. The summed E-state index contributed by atoms with van der Waals surface area (Å²) >= 11 is 0. The van der Waals surface area contributed by atoms with Gasteiger partial charge in [0.25, 0.3) is 0 Å². The Bertz CT molecular complexity index is 193. The van der Waals surface area contributed by atoms with Crippen LogP contribution in [0.1, 0.15) is 19.3 Å². The summed E-state index contributed by atoms with van der Waals surface area (Å²) < 4.78 is 5.36. The number of hydrogen-bond donors (Lipinski definition) is 0. The predicted molar refractivity (Wildman–Crippen MR) is 50.6 cm³/mol. The van der Waals surface area contributed by atoms with Crippen molar-refractivity contribution in [1.82, 2.24) is 0 Å². The van der Waals surface area contributed by atoms with Crippen LogP contribution in [0.15, 0.2) is 30.3 Å². The Kier molecular flexibility index (Phi) is 4.28. The molecule has 0 spiro atoms. The molecule has 1 nitrogen and oxygen atoms in total. The lowest BCUT2D eigenvalue weighted by Gasteiger charge is -2.02. The van der Waals surface area contributed by atoms with Crippen molar-refractivity contribution in [3.8, 4) is 5.75 Å². The Morgan fingerprint density at radius 3 is 2.67 bits per heavy atom. The number of benzene rings is 1. The van der Waals surface area contributed by atoms with Crippen molar-refractivity contribution in [1.29, 1.82) is 0 Å². The molecule has 0 saturated carbocycles. The molecule has 0 aliphatic carbocycles. The molecule has 64 valence electrons. The number of unbranched alkanes of at least 4 members (excludes halogenated alkanes) is 2. The van der Waals surface area contributed by atoms with Gasteiger partial charge in [-0.25, -0.2) is 0 Å². The molecular weight excluding hydrogens is 148 g/mol. The molecule has 1 heteroatoms. The topological polar surface area (TPSA) is 9.23 Å². The first kappa shape index (κ1) is 9.11. The SMILES string of the molecule is [CH2]CCC[CH]Oc1ccccc1. The first-order chi connectivity index (χ1) is 5.93. The molecule has 0 aromatic heterocycles. The van der Waals surface area contributed by atoms with E-state index in [-0.39, 0.29) is 0 Å². The third kappa shape index (κ3) is 3.42. The van der Waals surface area contributed by atoms with Gasteiger partial charge < -0.3 is 4.74 Å². The molecule has 2 radical (unpaired) electrons. The summed E-state index contributed by atoms with van der Waals surface area (Å²) in [5, 5.41) is 0. The normalized spacial score (nSPS) is 9.75. The monoisotopic (exact) mass is 162 g/mol. The lowest BCUT2D eigenvalue weighted by molar-refractivity contribution is 0.387. The summed E-state index contributed by atoms with van der Waals surface area (Å²) in [6.45, 7) is 5.59. The average molecular weight is 162 g/mol. The van der Waals surface area contributed by atoms with Gasteiger partial charge >= 0.3 is 0 Å². The van der Waals surface area contributed by atoms with E-state index in [0.717, 1.165) is 25.0 Å². The molecule has 0 amide bonds. The standard InChI is InChI=1S/C11H14O/c1-2-3-7-10-12-11-8-5-4-6-9-11/h4-6,8-10H,1-3,7H2. The summed E-state index contributed by atoms with van der Waals surface area (Å²) in [4.78, 5) is 0. The third-order valence-corrected chi connectivity index (χ3v) is 1.53. The number of hydrogen-bond acceptors (Lipinski definition) is 1. The molecule has 1 aromatic rings. The van der Waals surface area contributed by atoms with E-state index in [2.05, 4.69) is 6.92 Å². The van der Waals surface area contributed by atoms with E-state index in [1.165, 1.54) is 0 Å². The molecule has 0 saturated heterocycles. The molecular formula is C11H14O. The molecule has 0 unspecified atom stereocenters. The van der Waals surface area contributed by atoms with Crippen molar-refractivity contribution in [3.63, 3.8) is 0 Å². The third-order valence-electron chi connectivity index (χ3n) is 1.53. The Morgan fingerprint density at radius 2 is 2.00 bits per heavy atom. The van der Waals surface area contributed by atoms with E-state index < -0.39 is 0 Å². The minimum atomic E-state index is 0.904. The fraction of sp³-hybridized carbons (Fsp3) is 0.273. The number of rotatable bonds is 5. The van der Waals surface area contributed by atoms with Crippen LogP contribution >= 0.6 is 0 Å². The van der Waals surface area contributed by atoms with Gasteiger partial charge in [-0.05, 0) is 25.0 Å². The molecule has 1 aromatic carbocycles. The van der Waals surface area contributed by atoms with Gasteiger partial charge in [-0.1, -0.05) is 31.5 Å². The largest absolute Gasteiger partial charge is 0.487 e. The van der Waals surface area contributed by atoms with E-state index in [4.69, 9.17) is 4.74 Å². The minimum absolute atomic E-state index is 0.904. The fourth-order valence-electron chi connectivity index (χ4n) is 0.882. The highest BCUT2D eigenvalue weighted by Gasteiger charge is 1.90. The van der Waals surface area contributed by atoms with Crippen molar-refractivity contribution in [2.75, 3.05) is 0 Å². The quantitative estimate of drug-likeness (QED) is 0.604. The molecule has 0 N–H and O–H groups in total.